The highest BCUT2D eigenvalue weighted by molar-refractivity contribution is 6.31. The first-order valence-corrected chi connectivity index (χ1v) is 13.4. The van der Waals surface area contributed by atoms with Crippen molar-refractivity contribution < 1.29 is 23.9 Å². The Hall–Kier alpha value is -3.27. The lowest BCUT2D eigenvalue weighted by Gasteiger charge is -2.28. The molecule has 10 nitrogen and oxygen atoms in total. The van der Waals surface area contributed by atoms with E-state index < -0.39 is 29.8 Å². The minimum absolute atomic E-state index is 0.00505. The quantitative estimate of drug-likeness (QED) is 0.423. The van der Waals surface area contributed by atoms with Gasteiger partial charge < -0.3 is 31.0 Å². The number of carbonyl (C=O) groups is 4. The van der Waals surface area contributed by atoms with Gasteiger partial charge in [0.1, 0.15) is 23.5 Å². The average Bonchev–Trinajstić information content (AvgIpc) is 3.59. The minimum Gasteiger partial charge on any atom is -0.496 e. The fourth-order valence-electron chi connectivity index (χ4n) is 6.63. The second kappa shape index (κ2) is 9.80. The number of fused-ring (bicyclic) bond motifs is 2. The van der Waals surface area contributed by atoms with Crippen molar-refractivity contribution in [2.45, 2.75) is 63.6 Å². The summed E-state index contributed by atoms with van der Waals surface area (Å²) >= 11 is 6.20. The zero-order chi connectivity index (χ0) is 27.4. The predicted molar refractivity (Wildman–Crippen MR) is 142 cm³/mol. The maximum absolute atomic E-state index is 13.8. The molecule has 3 aliphatic rings. The molecular weight excluding hydrogens is 510 g/mol. The van der Waals surface area contributed by atoms with Gasteiger partial charge in [0.2, 0.25) is 17.7 Å². The number of primary amides is 1. The van der Waals surface area contributed by atoms with Gasteiger partial charge in [0, 0.05) is 28.4 Å². The molecule has 3 fully saturated rings. The van der Waals surface area contributed by atoms with Gasteiger partial charge in [0.15, 0.2) is 0 Å². The Bertz CT molecular complexity index is 1310. The van der Waals surface area contributed by atoms with Crippen LogP contribution >= 0.6 is 11.6 Å². The number of H-pyrrole nitrogens is 1. The first-order valence-electron chi connectivity index (χ1n) is 13.1. The van der Waals surface area contributed by atoms with Gasteiger partial charge in [-0.05, 0) is 69.6 Å². The van der Waals surface area contributed by atoms with Crippen LogP contribution in [0.5, 0.6) is 5.75 Å². The number of hydrogen-bond donors (Lipinski definition) is 4. The molecule has 3 heterocycles. The molecule has 5 rings (SSSR count). The molecular formula is C27H34ClN5O5. The number of methoxy groups -OCH3 is 1. The van der Waals surface area contributed by atoms with Crippen LogP contribution in [-0.4, -0.2) is 64.8 Å². The number of hydrogen-bond acceptors (Lipinski definition) is 5. The molecule has 0 radical (unpaired) electrons. The number of nitrogens with zero attached hydrogens (tertiary/aromatic N) is 1. The molecule has 4 amide bonds. The highest BCUT2D eigenvalue weighted by Crippen LogP contribution is 2.43. The Balaban J connectivity index is 1.38. The van der Waals surface area contributed by atoms with E-state index in [-0.39, 0.29) is 35.6 Å². The van der Waals surface area contributed by atoms with E-state index >= 15 is 0 Å². The number of benzene rings is 1. The number of aromatic amines is 1. The Morgan fingerprint density at radius 1 is 1.26 bits per heavy atom. The lowest BCUT2D eigenvalue weighted by molar-refractivity contribution is -0.131. The van der Waals surface area contributed by atoms with Crippen molar-refractivity contribution in [3.05, 3.63) is 28.9 Å². The monoisotopic (exact) mass is 543 g/mol. The SMILES string of the molecule is COc1cc(Cl)cc2[nH]c(C(=O)N3C[C@@H]4CCC[C@@H]4[C@H]3C(=O)N[C@@H](C[C@@H]3CC(C)(C)NC3=O)C(N)=O)cc12. The van der Waals surface area contributed by atoms with Crippen molar-refractivity contribution in [2.75, 3.05) is 13.7 Å². The van der Waals surface area contributed by atoms with Crippen LogP contribution in [0.1, 0.15) is 56.4 Å². The molecule has 1 saturated carbocycles. The zero-order valence-electron chi connectivity index (χ0n) is 21.8. The lowest BCUT2D eigenvalue weighted by atomic mass is 9.90. The van der Waals surface area contributed by atoms with Gasteiger partial charge in [-0.15, -0.1) is 0 Å². The maximum atomic E-state index is 13.8. The van der Waals surface area contributed by atoms with Gasteiger partial charge >= 0.3 is 0 Å². The van der Waals surface area contributed by atoms with E-state index in [9.17, 15) is 19.2 Å². The summed E-state index contributed by atoms with van der Waals surface area (Å²) in [7, 11) is 1.53. The van der Waals surface area contributed by atoms with Crippen molar-refractivity contribution in [1.29, 1.82) is 0 Å². The van der Waals surface area contributed by atoms with E-state index in [0.29, 0.717) is 40.3 Å². The Morgan fingerprint density at radius 2 is 2.03 bits per heavy atom. The number of aromatic nitrogens is 1. The molecule has 0 unspecified atom stereocenters. The van der Waals surface area contributed by atoms with Crippen LogP contribution < -0.4 is 21.1 Å². The van der Waals surface area contributed by atoms with Crippen molar-refractivity contribution in [1.82, 2.24) is 20.5 Å². The van der Waals surface area contributed by atoms with E-state index in [1.807, 2.05) is 13.8 Å². The smallest absolute Gasteiger partial charge is 0.271 e. The zero-order valence-corrected chi connectivity index (χ0v) is 22.6. The van der Waals surface area contributed by atoms with Crippen LogP contribution in [0.3, 0.4) is 0 Å². The predicted octanol–water partition coefficient (Wildman–Crippen LogP) is 2.35. The Kier molecular flexibility index (Phi) is 6.79. The van der Waals surface area contributed by atoms with E-state index in [1.54, 1.807) is 23.1 Å². The van der Waals surface area contributed by atoms with Crippen LogP contribution in [0.15, 0.2) is 18.2 Å². The van der Waals surface area contributed by atoms with Gasteiger partial charge in [0.25, 0.3) is 5.91 Å². The molecule has 5 N–H and O–H groups in total. The van der Waals surface area contributed by atoms with Crippen LogP contribution in [0, 0.1) is 17.8 Å². The van der Waals surface area contributed by atoms with Gasteiger partial charge in [-0.25, -0.2) is 0 Å². The molecule has 1 aromatic carbocycles. The Morgan fingerprint density at radius 3 is 2.68 bits per heavy atom. The van der Waals surface area contributed by atoms with Crippen molar-refractivity contribution in [3.8, 4) is 5.75 Å². The number of amides is 4. The maximum Gasteiger partial charge on any atom is 0.271 e. The van der Waals surface area contributed by atoms with Crippen molar-refractivity contribution in [3.63, 3.8) is 0 Å². The highest BCUT2D eigenvalue weighted by Gasteiger charge is 2.50. The second-order valence-corrected chi connectivity index (χ2v) is 11.9. The number of likely N-dealkylation sites (tertiary alicyclic amines) is 1. The molecule has 38 heavy (non-hydrogen) atoms. The van der Waals surface area contributed by atoms with Crippen molar-refractivity contribution >= 4 is 46.1 Å². The topological polar surface area (TPSA) is 147 Å². The molecule has 0 bridgehead atoms. The van der Waals surface area contributed by atoms with E-state index in [0.717, 1.165) is 19.3 Å². The molecule has 5 atom stereocenters. The van der Waals surface area contributed by atoms with Gasteiger partial charge in [-0.2, -0.15) is 0 Å². The normalized spacial score (nSPS) is 26.7. The third kappa shape index (κ3) is 4.81. The summed E-state index contributed by atoms with van der Waals surface area (Å²) < 4.78 is 5.42. The van der Waals surface area contributed by atoms with Crippen LogP contribution in [0.4, 0.5) is 0 Å². The van der Waals surface area contributed by atoms with Crippen LogP contribution in [0.25, 0.3) is 10.9 Å². The van der Waals surface area contributed by atoms with E-state index in [4.69, 9.17) is 22.1 Å². The summed E-state index contributed by atoms with van der Waals surface area (Å²) in [6.45, 7) is 4.28. The van der Waals surface area contributed by atoms with Crippen LogP contribution in [-0.2, 0) is 14.4 Å². The standard InChI is InChI=1S/C27H34ClN5O5/c1-27(2)11-14(24(35)32-27)7-19(23(29)34)31-25(36)22-16-6-4-5-13(16)12-33(22)26(37)20-10-17-18(30-20)8-15(28)9-21(17)38-3/h8-10,13-14,16,19,22,30H,4-7,11-12H2,1-3H3,(H2,29,34)(H,31,36)(H,32,35)/t13-,14+,16-,19-,22-/m0/s1. The molecule has 1 aromatic heterocycles. The largest absolute Gasteiger partial charge is 0.496 e. The number of rotatable bonds is 7. The molecule has 2 saturated heterocycles. The molecule has 11 heteroatoms. The van der Waals surface area contributed by atoms with Gasteiger partial charge in [-0.3, -0.25) is 19.2 Å². The molecule has 204 valence electrons. The summed E-state index contributed by atoms with van der Waals surface area (Å²) in [4.78, 5) is 56.9. The average molecular weight is 544 g/mol. The molecule has 2 aliphatic heterocycles. The second-order valence-electron chi connectivity index (χ2n) is 11.5. The minimum atomic E-state index is -1.01. The number of halogens is 1. The Labute approximate surface area is 226 Å². The number of nitrogens with one attached hydrogen (secondary N) is 3. The molecule has 0 spiro atoms. The van der Waals surface area contributed by atoms with E-state index in [2.05, 4.69) is 15.6 Å². The fourth-order valence-corrected chi connectivity index (χ4v) is 6.84. The lowest BCUT2D eigenvalue weighted by Crippen LogP contribution is -2.54. The molecule has 1 aliphatic carbocycles. The summed E-state index contributed by atoms with van der Waals surface area (Å²) in [6.07, 6.45) is 3.40. The summed E-state index contributed by atoms with van der Waals surface area (Å²) in [5.74, 6) is -1.26. The van der Waals surface area contributed by atoms with Gasteiger partial charge in [0.05, 0.1) is 12.6 Å². The van der Waals surface area contributed by atoms with Crippen molar-refractivity contribution in [2.24, 2.45) is 23.5 Å². The first-order chi connectivity index (χ1) is 18.0. The van der Waals surface area contributed by atoms with Crippen LogP contribution in [0.2, 0.25) is 5.02 Å². The third-order valence-electron chi connectivity index (χ3n) is 8.30. The van der Waals surface area contributed by atoms with Gasteiger partial charge in [-0.1, -0.05) is 18.0 Å². The molecule has 2 aromatic rings. The number of nitrogens with two attached hydrogens (primary N) is 1. The first kappa shape index (κ1) is 26.3. The summed E-state index contributed by atoms with van der Waals surface area (Å²) in [5.41, 5.74) is 6.26. The summed E-state index contributed by atoms with van der Waals surface area (Å²) in [6, 6.07) is 3.37. The summed E-state index contributed by atoms with van der Waals surface area (Å²) in [5, 5.41) is 6.90. The number of carbonyl (C=O) groups excluding carboxylic acids is 4. The fraction of sp³-hybridized carbons (Fsp3) is 0.556. The van der Waals surface area contributed by atoms with E-state index in [1.165, 1.54) is 7.11 Å². The highest BCUT2D eigenvalue weighted by atomic mass is 35.5. The third-order valence-corrected chi connectivity index (χ3v) is 8.52. The number of ether oxygens (including phenoxy) is 1.